The molecule has 0 radical (unpaired) electrons. The number of benzene rings is 2. The molecule has 3 rings (SSSR count). The molecule has 0 N–H and O–H groups in total. The Morgan fingerprint density at radius 1 is 0.920 bits per heavy atom. The maximum atomic E-state index is 6.40. The molecule has 0 bridgehead atoms. The highest BCUT2D eigenvalue weighted by Gasteiger charge is 2.38. The van der Waals surface area contributed by atoms with E-state index in [9.17, 15) is 0 Å². The van der Waals surface area contributed by atoms with Crippen LogP contribution in [-0.4, -0.2) is 18.3 Å². The number of hydrogen-bond acceptors (Lipinski definition) is 3. The SMILES string of the molecule is CC(C)(C)[Si](C)(C)Oc1ccc2cc(-c3cnc(Cl)cn3)ccc2c1. The Morgan fingerprint density at radius 3 is 2.24 bits per heavy atom. The fraction of sp³-hybridized carbons (Fsp3) is 0.300. The molecule has 0 aliphatic carbocycles. The molecule has 0 aliphatic rings. The first-order chi connectivity index (χ1) is 11.7. The van der Waals surface area contributed by atoms with E-state index in [1.54, 1.807) is 12.4 Å². The molecule has 0 aliphatic heterocycles. The minimum atomic E-state index is -1.83. The Kier molecular flexibility index (Phi) is 4.60. The van der Waals surface area contributed by atoms with E-state index >= 15 is 0 Å². The molecule has 0 saturated heterocycles. The zero-order valence-electron chi connectivity index (χ0n) is 15.3. The highest BCUT2D eigenvalue weighted by molar-refractivity contribution is 6.74. The predicted molar refractivity (Wildman–Crippen MR) is 108 cm³/mol. The normalized spacial score (nSPS) is 12.4. The topological polar surface area (TPSA) is 35.0 Å². The summed E-state index contributed by atoms with van der Waals surface area (Å²) in [6.07, 6.45) is 3.26. The Morgan fingerprint density at radius 2 is 1.60 bits per heavy atom. The molecule has 5 heteroatoms. The van der Waals surface area contributed by atoms with Gasteiger partial charge in [0.15, 0.2) is 0 Å². The lowest BCUT2D eigenvalue weighted by Gasteiger charge is -2.36. The van der Waals surface area contributed by atoms with Crippen molar-refractivity contribution < 1.29 is 4.43 Å². The van der Waals surface area contributed by atoms with E-state index in [2.05, 4.69) is 80.2 Å². The van der Waals surface area contributed by atoms with E-state index in [-0.39, 0.29) is 5.04 Å². The van der Waals surface area contributed by atoms with E-state index in [1.807, 2.05) is 0 Å². The lowest BCUT2D eigenvalue weighted by atomic mass is 10.1. The maximum Gasteiger partial charge on any atom is 0.250 e. The van der Waals surface area contributed by atoms with Crippen molar-refractivity contribution in [2.24, 2.45) is 0 Å². The first-order valence-electron chi connectivity index (χ1n) is 8.36. The van der Waals surface area contributed by atoms with Crippen molar-refractivity contribution in [3.05, 3.63) is 53.9 Å². The van der Waals surface area contributed by atoms with Crippen LogP contribution in [0.5, 0.6) is 5.75 Å². The highest BCUT2D eigenvalue weighted by atomic mass is 35.5. The molecule has 25 heavy (non-hydrogen) atoms. The molecule has 1 heterocycles. The Bertz CT molecular complexity index is 902. The van der Waals surface area contributed by atoms with Crippen LogP contribution in [0.3, 0.4) is 0 Å². The van der Waals surface area contributed by atoms with Crippen LogP contribution in [0.4, 0.5) is 0 Å². The average molecular weight is 371 g/mol. The standard InChI is InChI=1S/C20H23ClN2OSi/c1-20(2,3)25(4,5)24-17-9-8-14-10-16(7-6-15(14)11-17)18-12-23-19(21)13-22-18/h6-13H,1-5H3. The van der Waals surface area contributed by atoms with Gasteiger partial charge in [-0.1, -0.05) is 50.6 Å². The Hall–Kier alpha value is -1.91. The van der Waals surface area contributed by atoms with Gasteiger partial charge >= 0.3 is 0 Å². The van der Waals surface area contributed by atoms with Crippen LogP contribution in [-0.2, 0) is 0 Å². The average Bonchev–Trinajstić information content (AvgIpc) is 2.54. The van der Waals surface area contributed by atoms with Crippen molar-refractivity contribution >= 4 is 30.7 Å². The third-order valence-electron chi connectivity index (χ3n) is 4.91. The highest BCUT2D eigenvalue weighted by Crippen LogP contribution is 2.38. The van der Waals surface area contributed by atoms with Gasteiger partial charge < -0.3 is 4.43 Å². The summed E-state index contributed by atoms with van der Waals surface area (Å²) in [7, 11) is -1.83. The quantitative estimate of drug-likeness (QED) is 0.505. The molecule has 0 amide bonds. The van der Waals surface area contributed by atoms with Crippen LogP contribution in [0.2, 0.25) is 23.3 Å². The number of rotatable bonds is 3. The first-order valence-corrected chi connectivity index (χ1v) is 11.7. The Balaban J connectivity index is 1.92. The van der Waals surface area contributed by atoms with E-state index in [1.165, 1.54) is 0 Å². The van der Waals surface area contributed by atoms with Gasteiger partial charge in [0.2, 0.25) is 8.32 Å². The summed E-state index contributed by atoms with van der Waals surface area (Å²) in [5.41, 5.74) is 1.84. The summed E-state index contributed by atoms with van der Waals surface area (Å²) in [6.45, 7) is 11.3. The number of hydrogen-bond donors (Lipinski definition) is 0. The molecule has 130 valence electrons. The van der Waals surface area contributed by atoms with Crippen LogP contribution in [0, 0.1) is 0 Å². The maximum absolute atomic E-state index is 6.40. The van der Waals surface area contributed by atoms with E-state index in [4.69, 9.17) is 16.0 Å². The third kappa shape index (κ3) is 3.85. The predicted octanol–water partition coefficient (Wildman–Crippen LogP) is 6.33. The van der Waals surface area contributed by atoms with Crippen molar-refractivity contribution in [3.8, 4) is 17.0 Å². The third-order valence-corrected chi connectivity index (χ3v) is 9.46. The van der Waals surface area contributed by atoms with Crippen LogP contribution in [0.15, 0.2) is 48.8 Å². The lowest BCUT2D eigenvalue weighted by Crippen LogP contribution is -2.43. The van der Waals surface area contributed by atoms with E-state index < -0.39 is 8.32 Å². The molecule has 2 aromatic carbocycles. The van der Waals surface area contributed by atoms with Gasteiger partial charge in [-0.15, -0.1) is 0 Å². The van der Waals surface area contributed by atoms with Crippen LogP contribution in [0.1, 0.15) is 20.8 Å². The van der Waals surface area contributed by atoms with Gasteiger partial charge in [0.1, 0.15) is 10.9 Å². The van der Waals surface area contributed by atoms with Gasteiger partial charge in [-0.25, -0.2) is 4.98 Å². The number of halogens is 1. The van der Waals surface area contributed by atoms with Crippen LogP contribution in [0.25, 0.3) is 22.0 Å². The van der Waals surface area contributed by atoms with Crippen LogP contribution >= 0.6 is 11.6 Å². The molecule has 0 unspecified atom stereocenters. The monoisotopic (exact) mass is 370 g/mol. The van der Waals surface area contributed by atoms with Crippen LogP contribution < -0.4 is 4.43 Å². The zero-order valence-corrected chi connectivity index (χ0v) is 17.1. The van der Waals surface area contributed by atoms with Crippen molar-refractivity contribution in [3.63, 3.8) is 0 Å². The summed E-state index contributed by atoms with van der Waals surface area (Å²) in [6, 6.07) is 12.5. The summed E-state index contributed by atoms with van der Waals surface area (Å²) in [5.74, 6) is 0.943. The fourth-order valence-electron chi connectivity index (χ4n) is 2.36. The summed E-state index contributed by atoms with van der Waals surface area (Å²) in [4.78, 5) is 8.44. The van der Waals surface area contributed by atoms with Crippen molar-refractivity contribution in [1.82, 2.24) is 9.97 Å². The Labute approximate surface area is 155 Å². The van der Waals surface area contributed by atoms with E-state index in [0.29, 0.717) is 5.15 Å². The van der Waals surface area contributed by atoms with Crippen molar-refractivity contribution in [2.75, 3.05) is 0 Å². The molecule has 0 atom stereocenters. The number of fused-ring (bicyclic) bond motifs is 1. The zero-order chi connectivity index (χ0) is 18.2. The minimum absolute atomic E-state index is 0.180. The fourth-order valence-corrected chi connectivity index (χ4v) is 3.48. The van der Waals surface area contributed by atoms with Crippen molar-refractivity contribution in [1.29, 1.82) is 0 Å². The second-order valence-electron chi connectivity index (χ2n) is 7.81. The lowest BCUT2D eigenvalue weighted by molar-refractivity contribution is 0.493. The molecule has 0 saturated carbocycles. The van der Waals surface area contributed by atoms with Gasteiger partial charge in [0.25, 0.3) is 0 Å². The van der Waals surface area contributed by atoms with Gasteiger partial charge in [0, 0.05) is 5.56 Å². The van der Waals surface area contributed by atoms with Gasteiger partial charge in [-0.3, -0.25) is 4.98 Å². The molecule has 0 spiro atoms. The number of aromatic nitrogens is 2. The smallest absolute Gasteiger partial charge is 0.250 e. The molecule has 0 fully saturated rings. The molecular formula is C20H23ClN2OSi. The largest absolute Gasteiger partial charge is 0.543 e. The molecular weight excluding hydrogens is 348 g/mol. The summed E-state index contributed by atoms with van der Waals surface area (Å²) >= 11 is 5.81. The number of nitrogens with zero attached hydrogens (tertiary/aromatic N) is 2. The van der Waals surface area contributed by atoms with Gasteiger partial charge in [-0.05, 0) is 47.1 Å². The summed E-state index contributed by atoms with van der Waals surface area (Å²) in [5, 5.41) is 2.88. The van der Waals surface area contributed by atoms with Gasteiger partial charge in [0.05, 0.1) is 18.1 Å². The summed E-state index contributed by atoms with van der Waals surface area (Å²) < 4.78 is 6.40. The minimum Gasteiger partial charge on any atom is -0.543 e. The van der Waals surface area contributed by atoms with Gasteiger partial charge in [-0.2, -0.15) is 0 Å². The van der Waals surface area contributed by atoms with E-state index in [0.717, 1.165) is 27.8 Å². The molecule has 1 aromatic heterocycles. The first kappa shape index (κ1) is 17.9. The van der Waals surface area contributed by atoms with Crippen molar-refractivity contribution in [2.45, 2.75) is 38.9 Å². The second-order valence-corrected chi connectivity index (χ2v) is 12.9. The second kappa shape index (κ2) is 6.43. The molecule has 3 aromatic rings. The molecule has 3 nitrogen and oxygen atoms in total.